The fraction of sp³-hybridized carbons (Fsp3) is 0.292. The summed E-state index contributed by atoms with van der Waals surface area (Å²) in [6.07, 6.45) is -0.374. The SMILES string of the molecule is CC1=C(C(=O)OC(C)C)[C@@H](c2cccc(Cl)c2)NC(=O)N1C(=O)NC(C)c1ccccc1. The predicted octanol–water partition coefficient (Wildman–Crippen LogP) is 5.10. The molecule has 0 fully saturated rings. The van der Waals surface area contributed by atoms with Gasteiger partial charge in [-0.1, -0.05) is 54.1 Å². The summed E-state index contributed by atoms with van der Waals surface area (Å²) in [6.45, 7) is 6.84. The molecule has 0 radical (unpaired) electrons. The van der Waals surface area contributed by atoms with Crippen LogP contribution in [0.1, 0.15) is 50.9 Å². The Hall–Kier alpha value is -3.32. The van der Waals surface area contributed by atoms with E-state index in [1.165, 1.54) is 0 Å². The quantitative estimate of drug-likeness (QED) is 0.614. The van der Waals surface area contributed by atoms with E-state index in [4.69, 9.17) is 16.3 Å². The summed E-state index contributed by atoms with van der Waals surface area (Å²) in [6, 6.07) is 13.8. The van der Waals surface area contributed by atoms with Gasteiger partial charge in [0.25, 0.3) is 0 Å². The Bertz CT molecular complexity index is 1050. The second-order valence-corrected chi connectivity index (χ2v) is 8.24. The molecule has 3 rings (SSSR count). The van der Waals surface area contributed by atoms with Crippen molar-refractivity contribution in [2.45, 2.75) is 45.9 Å². The normalized spacial score (nSPS) is 17.1. The highest BCUT2D eigenvalue weighted by Gasteiger charge is 2.39. The average molecular weight is 456 g/mol. The highest BCUT2D eigenvalue weighted by atomic mass is 35.5. The lowest BCUT2D eigenvalue weighted by Crippen LogP contribution is -2.53. The van der Waals surface area contributed by atoms with Crippen molar-refractivity contribution in [3.8, 4) is 0 Å². The molecule has 8 heteroatoms. The van der Waals surface area contributed by atoms with Crippen molar-refractivity contribution in [2.24, 2.45) is 0 Å². The lowest BCUT2D eigenvalue weighted by Gasteiger charge is -2.35. The van der Waals surface area contributed by atoms with Gasteiger partial charge in [-0.15, -0.1) is 0 Å². The van der Waals surface area contributed by atoms with Crippen molar-refractivity contribution in [1.29, 1.82) is 0 Å². The lowest BCUT2D eigenvalue weighted by molar-refractivity contribution is -0.143. The van der Waals surface area contributed by atoms with Gasteiger partial charge in [-0.25, -0.2) is 19.3 Å². The summed E-state index contributed by atoms with van der Waals surface area (Å²) in [5, 5.41) is 6.02. The molecule has 32 heavy (non-hydrogen) atoms. The van der Waals surface area contributed by atoms with E-state index in [9.17, 15) is 14.4 Å². The summed E-state index contributed by atoms with van der Waals surface area (Å²) in [4.78, 5) is 39.9. The first kappa shape index (κ1) is 23.3. The number of nitrogens with one attached hydrogen (secondary N) is 2. The standard InChI is InChI=1S/C24H26ClN3O4/c1-14(2)32-22(29)20-16(4)28(23(30)26-15(3)17-9-6-5-7-10-17)24(31)27-21(20)18-11-8-12-19(25)13-18/h5-15,21H,1-4H3,(H,26,30)(H,27,31)/t15?,21-/m1/s1. The number of esters is 1. The summed E-state index contributed by atoms with van der Waals surface area (Å²) in [5.74, 6) is -0.614. The highest BCUT2D eigenvalue weighted by Crippen LogP contribution is 2.33. The second-order valence-electron chi connectivity index (χ2n) is 7.81. The molecule has 2 atom stereocenters. The monoisotopic (exact) mass is 455 g/mol. The molecule has 1 aliphatic heterocycles. The summed E-state index contributed by atoms with van der Waals surface area (Å²) < 4.78 is 5.42. The van der Waals surface area contributed by atoms with Crippen LogP contribution < -0.4 is 10.6 Å². The number of amides is 4. The summed E-state index contributed by atoms with van der Waals surface area (Å²) in [5.41, 5.74) is 1.86. The van der Waals surface area contributed by atoms with Crippen molar-refractivity contribution < 1.29 is 19.1 Å². The Morgan fingerprint density at radius 2 is 1.78 bits per heavy atom. The van der Waals surface area contributed by atoms with E-state index < -0.39 is 24.1 Å². The van der Waals surface area contributed by atoms with Gasteiger partial charge in [0.05, 0.1) is 23.8 Å². The molecule has 0 aromatic heterocycles. The van der Waals surface area contributed by atoms with Crippen molar-refractivity contribution in [3.05, 3.63) is 82.0 Å². The van der Waals surface area contributed by atoms with Gasteiger partial charge < -0.3 is 15.4 Å². The molecule has 0 spiro atoms. The number of hydrogen-bond donors (Lipinski definition) is 2. The first-order valence-electron chi connectivity index (χ1n) is 10.3. The number of carbonyl (C=O) groups is 3. The third kappa shape index (κ3) is 5.11. The van der Waals surface area contributed by atoms with Crippen LogP contribution in [0.2, 0.25) is 5.02 Å². The molecule has 0 saturated carbocycles. The molecule has 0 aliphatic carbocycles. The molecule has 1 unspecified atom stereocenters. The van der Waals surface area contributed by atoms with Gasteiger partial charge in [0.15, 0.2) is 0 Å². The number of allylic oxidation sites excluding steroid dienone is 1. The predicted molar refractivity (Wildman–Crippen MR) is 122 cm³/mol. The molecule has 2 aromatic carbocycles. The zero-order chi connectivity index (χ0) is 23.4. The van der Waals surface area contributed by atoms with E-state index in [0.29, 0.717) is 10.6 Å². The largest absolute Gasteiger partial charge is 0.459 e. The van der Waals surface area contributed by atoms with Gasteiger partial charge in [0, 0.05) is 10.7 Å². The van der Waals surface area contributed by atoms with E-state index in [0.717, 1.165) is 10.5 Å². The Balaban J connectivity index is 1.98. The van der Waals surface area contributed by atoms with Crippen LogP contribution >= 0.6 is 11.6 Å². The van der Waals surface area contributed by atoms with Crippen LogP contribution in [0.4, 0.5) is 9.59 Å². The number of imide groups is 1. The molecule has 2 aromatic rings. The average Bonchev–Trinajstić information content (AvgIpc) is 2.73. The smallest absolute Gasteiger partial charge is 0.338 e. The van der Waals surface area contributed by atoms with Crippen LogP contribution in [-0.4, -0.2) is 29.0 Å². The molecule has 0 bridgehead atoms. The molecule has 7 nitrogen and oxygen atoms in total. The van der Waals surface area contributed by atoms with Gasteiger partial charge in [0.2, 0.25) is 0 Å². The van der Waals surface area contributed by atoms with Crippen LogP contribution in [0, 0.1) is 0 Å². The maximum absolute atomic E-state index is 13.0. The van der Waals surface area contributed by atoms with E-state index in [1.807, 2.05) is 37.3 Å². The van der Waals surface area contributed by atoms with Crippen molar-refractivity contribution in [2.75, 3.05) is 0 Å². The third-order valence-corrected chi connectivity index (χ3v) is 5.31. The van der Waals surface area contributed by atoms with Crippen LogP contribution in [0.5, 0.6) is 0 Å². The lowest BCUT2D eigenvalue weighted by atomic mass is 9.95. The van der Waals surface area contributed by atoms with E-state index in [2.05, 4.69) is 10.6 Å². The number of halogens is 1. The van der Waals surface area contributed by atoms with E-state index in [-0.39, 0.29) is 23.4 Å². The van der Waals surface area contributed by atoms with Crippen LogP contribution in [0.25, 0.3) is 0 Å². The van der Waals surface area contributed by atoms with Gasteiger partial charge >= 0.3 is 18.0 Å². The number of nitrogens with zero attached hydrogens (tertiary/aromatic N) is 1. The number of carbonyl (C=O) groups excluding carboxylic acids is 3. The van der Waals surface area contributed by atoms with Crippen molar-refractivity contribution in [1.82, 2.24) is 15.5 Å². The van der Waals surface area contributed by atoms with Crippen molar-refractivity contribution in [3.63, 3.8) is 0 Å². The molecule has 4 amide bonds. The Morgan fingerprint density at radius 3 is 2.41 bits per heavy atom. The molecule has 1 aliphatic rings. The third-order valence-electron chi connectivity index (χ3n) is 5.07. The Kier molecular flexibility index (Phi) is 7.20. The minimum Gasteiger partial charge on any atom is -0.459 e. The summed E-state index contributed by atoms with van der Waals surface area (Å²) >= 11 is 6.12. The Labute approximate surface area is 192 Å². The molecular weight excluding hydrogens is 430 g/mol. The first-order valence-corrected chi connectivity index (χ1v) is 10.7. The minimum atomic E-state index is -0.803. The molecule has 1 heterocycles. The van der Waals surface area contributed by atoms with E-state index in [1.54, 1.807) is 45.0 Å². The molecule has 168 valence electrons. The van der Waals surface area contributed by atoms with E-state index >= 15 is 0 Å². The zero-order valence-corrected chi connectivity index (χ0v) is 19.1. The molecular formula is C24H26ClN3O4. The maximum Gasteiger partial charge on any atom is 0.338 e. The van der Waals surface area contributed by atoms with Gasteiger partial charge in [-0.2, -0.15) is 0 Å². The fourth-order valence-corrected chi connectivity index (χ4v) is 3.74. The minimum absolute atomic E-state index is 0.170. The highest BCUT2D eigenvalue weighted by molar-refractivity contribution is 6.30. The van der Waals surface area contributed by atoms with Crippen LogP contribution in [0.3, 0.4) is 0 Å². The Morgan fingerprint density at radius 1 is 1.09 bits per heavy atom. The maximum atomic E-state index is 13.0. The number of hydrogen-bond acceptors (Lipinski definition) is 4. The van der Waals surface area contributed by atoms with Crippen LogP contribution in [0.15, 0.2) is 65.9 Å². The second kappa shape index (κ2) is 9.87. The first-order chi connectivity index (χ1) is 15.2. The zero-order valence-electron chi connectivity index (χ0n) is 18.4. The molecule has 0 saturated heterocycles. The van der Waals surface area contributed by atoms with Gasteiger partial charge in [-0.05, 0) is 51.0 Å². The van der Waals surface area contributed by atoms with Crippen LogP contribution in [-0.2, 0) is 9.53 Å². The topological polar surface area (TPSA) is 87.7 Å². The number of ether oxygens (including phenoxy) is 1. The van der Waals surface area contributed by atoms with Gasteiger partial charge in [-0.3, -0.25) is 0 Å². The number of rotatable bonds is 5. The number of benzene rings is 2. The van der Waals surface area contributed by atoms with Gasteiger partial charge in [0.1, 0.15) is 0 Å². The molecule has 2 N–H and O–H groups in total. The summed E-state index contributed by atoms with van der Waals surface area (Å²) in [7, 11) is 0. The number of urea groups is 2. The fourth-order valence-electron chi connectivity index (χ4n) is 3.54. The van der Waals surface area contributed by atoms with Crippen molar-refractivity contribution >= 4 is 29.6 Å².